The summed E-state index contributed by atoms with van der Waals surface area (Å²) in [6, 6.07) is 0. The van der Waals surface area contributed by atoms with Crippen molar-refractivity contribution in [3.63, 3.8) is 0 Å². The number of nitrogens with zero attached hydrogens (tertiary/aromatic N) is 2. The Labute approximate surface area is 89.4 Å². The average molecular weight is 211 g/mol. The van der Waals surface area contributed by atoms with E-state index in [0.29, 0.717) is 11.6 Å². The van der Waals surface area contributed by atoms with Crippen LogP contribution in [0.15, 0.2) is 6.20 Å². The number of amides is 1. The molecule has 5 nitrogen and oxygen atoms in total. The zero-order chi connectivity index (χ0) is 11.6. The van der Waals surface area contributed by atoms with Gasteiger partial charge in [0.25, 0.3) is 0 Å². The van der Waals surface area contributed by atoms with E-state index in [4.69, 9.17) is 4.74 Å². The van der Waals surface area contributed by atoms with Gasteiger partial charge in [0.05, 0.1) is 13.3 Å². The van der Waals surface area contributed by atoms with Gasteiger partial charge in [-0.1, -0.05) is 20.8 Å². The summed E-state index contributed by atoms with van der Waals surface area (Å²) in [6.07, 6.45) is 1.57. The molecule has 1 rings (SSSR count). The molecule has 1 N–H and O–H groups in total. The molecule has 1 heterocycles. The van der Waals surface area contributed by atoms with Crippen molar-refractivity contribution < 1.29 is 9.53 Å². The van der Waals surface area contributed by atoms with Crippen LogP contribution in [0.5, 0.6) is 5.88 Å². The lowest BCUT2D eigenvalue weighted by molar-refractivity contribution is -0.123. The maximum absolute atomic E-state index is 11.7. The smallest absolute Gasteiger partial charge is 0.235 e. The highest BCUT2D eigenvalue weighted by atomic mass is 16.5. The zero-order valence-electron chi connectivity index (χ0n) is 9.79. The van der Waals surface area contributed by atoms with E-state index in [9.17, 15) is 4.79 Å². The number of hydrogen-bond donors (Lipinski definition) is 1. The standard InChI is InChI=1S/C10H17N3O2/c1-10(2,3)9(14)12-7-6-11-13(4)8(7)15-5/h6H,1-5H3,(H,12,14). The van der Waals surface area contributed by atoms with Crippen LogP contribution in [0.2, 0.25) is 0 Å². The summed E-state index contributed by atoms with van der Waals surface area (Å²) in [6.45, 7) is 5.56. The first-order valence-corrected chi connectivity index (χ1v) is 4.73. The summed E-state index contributed by atoms with van der Waals surface area (Å²) >= 11 is 0. The van der Waals surface area contributed by atoms with E-state index in [0.717, 1.165) is 0 Å². The van der Waals surface area contributed by atoms with E-state index in [-0.39, 0.29) is 5.91 Å². The van der Waals surface area contributed by atoms with E-state index in [1.807, 2.05) is 20.8 Å². The lowest BCUT2D eigenvalue weighted by Gasteiger charge is -2.17. The van der Waals surface area contributed by atoms with Gasteiger partial charge in [-0.25, -0.2) is 4.68 Å². The molecule has 0 aliphatic rings. The Bertz CT molecular complexity index is 363. The fourth-order valence-electron chi connectivity index (χ4n) is 1.06. The number of carbonyl (C=O) groups is 1. The highest BCUT2D eigenvalue weighted by Gasteiger charge is 2.23. The van der Waals surface area contributed by atoms with Gasteiger partial charge in [0.1, 0.15) is 5.69 Å². The molecule has 0 aliphatic carbocycles. The van der Waals surface area contributed by atoms with Crippen molar-refractivity contribution in [3.8, 4) is 5.88 Å². The molecule has 0 atom stereocenters. The number of aryl methyl sites for hydroxylation is 1. The van der Waals surface area contributed by atoms with E-state index >= 15 is 0 Å². The number of methoxy groups -OCH3 is 1. The Morgan fingerprint density at radius 3 is 2.60 bits per heavy atom. The topological polar surface area (TPSA) is 56.1 Å². The average Bonchev–Trinajstić information content (AvgIpc) is 2.45. The van der Waals surface area contributed by atoms with Gasteiger partial charge in [0.2, 0.25) is 11.8 Å². The van der Waals surface area contributed by atoms with Crippen molar-refractivity contribution in [2.24, 2.45) is 12.5 Å². The van der Waals surface area contributed by atoms with Crippen LogP contribution in [0.3, 0.4) is 0 Å². The predicted molar refractivity (Wildman–Crippen MR) is 57.8 cm³/mol. The highest BCUT2D eigenvalue weighted by molar-refractivity contribution is 5.95. The molecule has 1 amide bonds. The van der Waals surface area contributed by atoms with Crippen molar-refractivity contribution in [2.75, 3.05) is 12.4 Å². The third-order valence-electron chi connectivity index (χ3n) is 2.01. The number of carbonyl (C=O) groups excluding carboxylic acids is 1. The molecule has 0 saturated carbocycles. The molecule has 1 aromatic rings. The van der Waals surface area contributed by atoms with Gasteiger partial charge in [0.15, 0.2) is 0 Å². The molecule has 0 unspecified atom stereocenters. The number of hydrogen-bond acceptors (Lipinski definition) is 3. The van der Waals surface area contributed by atoms with E-state index in [2.05, 4.69) is 10.4 Å². The zero-order valence-corrected chi connectivity index (χ0v) is 9.79. The van der Waals surface area contributed by atoms with Gasteiger partial charge in [0, 0.05) is 12.5 Å². The SMILES string of the molecule is COc1c(NC(=O)C(C)(C)C)cnn1C. The van der Waals surface area contributed by atoms with Crippen molar-refractivity contribution in [3.05, 3.63) is 6.20 Å². The summed E-state index contributed by atoms with van der Waals surface area (Å²) < 4.78 is 6.68. The van der Waals surface area contributed by atoms with E-state index in [1.165, 1.54) is 0 Å². The van der Waals surface area contributed by atoms with Crippen LogP contribution in [0.4, 0.5) is 5.69 Å². The number of ether oxygens (including phenoxy) is 1. The predicted octanol–water partition coefficient (Wildman–Crippen LogP) is 1.41. The van der Waals surface area contributed by atoms with Crippen LogP contribution < -0.4 is 10.1 Å². The molecule has 15 heavy (non-hydrogen) atoms. The fourth-order valence-corrected chi connectivity index (χ4v) is 1.06. The van der Waals surface area contributed by atoms with Gasteiger partial charge in [-0.05, 0) is 0 Å². The van der Waals surface area contributed by atoms with Crippen molar-refractivity contribution in [1.29, 1.82) is 0 Å². The Morgan fingerprint density at radius 2 is 2.13 bits per heavy atom. The molecule has 0 aliphatic heterocycles. The maximum atomic E-state index is 11.7. The summed E-state index contributed by atoms with van der Waals surface area (Å²) in [5.41, 5.74) is 0.167. The van der Waals surface area contributed by atoms with Crippen LogP contribution in [0.25, 0.3) is 0 Å². The molecule has 0 spiro atoms. The first-order chi connectivity index (χ1) is 6.86. The van der Waals surface area contributed by atoms with Gasteiger partial charge < -0.3 is 10.1 Å². The Balaban J connectivity index is 2.86. The van der Waals surface area contributed by atoms with Gasteiger partial charge in [-0.3, -0.25) is 4.79 Å². The molecule has 84 valence electrons. The molecule has 0 bridgehead atoms. The Morgan fingerprint density at radius 1 is 1.53 bits per heavy atom. The molecule has 0 saturated heterocycles. The first kappa shape index (κ1) is 11.6. The monoisotopic (exact) mass is 211 g/mol. The van der Waals surface area contributed by atoms with Gasteiger partial charge in [-0.2, -0.15) is 5.10 Å². The Kier molecular flexibility index (Phi) is 3.02. The van der Waals surface area contributed by atoms with Crippen molar-refractivity contribution in [2.45, 2.75) is 20.8 Å². The van der Waals surface area contributed by atoms with Crippen LogP contribution in [-0.4, -0.2) is 22.8 Å². The largest absolute Gasteiger partial charge is 0.480 e. The summed E-state index contributed by atoms with van der Waals surface area (Å²) in [4.78, 5) is 11.7. The minimum atomic E-state index is -0.430. The third-order valence-corrected chi connectivity index (χ3v) is 2.01. The molecular formula is C10H17N3O2. The van der Waals surface area contributed by atoms with Crippen LogP contribution in [0, 0.1) is 5.41 Å². The highest BCUT2D eigenvalue weighted by Crippen LogP contribution is 2.25. The van der Waals surface area contributed by atoms with E-state index < -0.39 is 5.41 Å². The summed E-state index contributed by atoms with van der Waals surface area (Å²) in [5.74, 6) is 0.487. The van der Waals surface area contributed by atoms with Gasteiger partial charge >= 0.3 is 0 Å². The minimum absolute atomic E-state index is 0.0613. The summed E-state index contributed by atoms with van der Waals surface area (Å²) in [7, 11) is 3.30. The lowest BCUT2D eigenvalue weighted by atomic mass is 9.96. The molecule has 0 aromatic carbocycles. The fraction of sp³-hybridized carbons (Fsp3) is 0.600. The molecule has 0 radical (unpaired) electrons. The molecule has 1 aromatic heterocycles. The number of anilines is 1. The summed E-state index contributed by atoms with van der Waals surface area (Å²) in [5, 5.41) is 6.77. The minimum Gasteiger partial charge on any atom is -0.480 e. The molecule has 5 heteroatoms. The Hall–Kier alpha value is -1.52. The molecule has 0 fully saturated rings. The van der Waals surface area contributed by atoms with Gasteiger partial charge in [-0.15, -0.1) is 0 Å². The first-order valence-electron chi connectivity index (χ1n) is 4.73. The van der Waals surface area contributed by atoms with Crippen molar-refractivity contribution >= 4 is 11.6 Å². The third kappa shape index (κ3) is 2.49. The van der Waals surface area contributed by atoms with E-state index in [1.54, 1.807) is 25.0 Å². The quantitative estimate of drug-likeness (QED) is 0.804. The second kappa shape index (κ2) is 3.92. The van der Waals surface area contributed by atoms with Crippen LogP contribution in [0.1, 0.15) is 20.8 Å². The van der Waals surface area contributed by atoms with Crippen molar-refractivity contribution in [1.82, 2.24) is 9.78 Å². The normalized spacial score (nSPS) is 11.3. The number of nitrogens with one attached hydrogen (secondary N) is 1. The van der Waals surface area contributed by atoms with Crippen LogP contribution >= 0.6 is 0 Å². The maximum Gasteiger partial charge on any atom is 0.235 e. The lowest BCUT2D eigenvalue weighted by Crippen LogP contribution is -2.27. The second-order valence-electron chi connectivity index (χ2n) is 4.40. The van der Waals surface area contributed by atoms with Crippen LogP contribution in [-0.2, 0) is 11.8 Å². The second-order valence-corrected chi connectivity index (χ2v) is 4.40. The number of rotatable bonds is 2. The number of aromatic nitrogens is 2. The molecular weight excluding hydrogens is 194 g/mol.